The summed E-state index contributed by atoms with van der Waals surface area (Å²) in [6.45, 7) is 6.29. The van der Waals surface area contributed by atoms with E-state index in [1.165, 1.54) is 5.56 Å². The van der Waals surface area contributed by atoms with Gasteiger partial charge in [-0.1, -0.05) is 41.6 Å². The Hall–Kier alpha value is -4.46. The minimum absolute atomic E-state index is 0.0352. The molecule has 10 heteroatoms. The number of nitrogens with two attached hydrogens (primary N) is 2. The van der Waals surface area contributed by atoms with E-state index in [0.717, 1.165) is 36.0 Å². The fourth-order valence-electron chi connectivity index (χ4n) is 4.62. The van der Waals surface area contributed by atoms with Crippen LogP contribution in [0.1, 0.15) is 25.0 Å². The second kappa shape index (κ2) is 10.3. The monoisotopic (exact) mass is 496 g/mol. The van der Waals surface area contributed by atoms with Crippen molar-refractivity contribution < 1.29 is 9.26 Å². The average Bonchev–Trinajstić information content (AvgIpc) is 3.37. The predicted molar refractivity (Wildman–Crippen MR) is 141 cm³/mol. The molecule has 1 aliphatic heterocycles. The summed E-state index contributed by atoms with van der Waals surface area (Å²) in [6.07, 6.45) is -0.0352. The molecule has 0 aliphatic carbocycles. The predicted octanol–water partition coefficient (Wildman–Crippen LogP) is 3.38. The van der Waals surface area contributed by atoms with E-state index in [1.807, 2.05) is 38.1 Å². The lowest BCUT2D eigenvalue weighted by Gasteiger charge is -2.39. The first-order valence-electron chi connectivity index (χ1n) is 12.0. The number of hydrazone groups is 1. The highest BCUT2D eigenvalue weighted by molar-refractivity contribution is 5.97. The van der Waals surface area contributed by atoms with Crippen molar-refractivity contribution in [2.24, 2.45) is 22.7 Å². The van der Waals surface area contributed by atoms with E-state index in [4.69, 9.17) is 20.9 Å². The molecule has 0 amide bonds. The number of hydrazine groups is 1. The van der Waals surface area contributed by atoms with Gasteiger partial charge in [-0.05, 0) is 48.4 Å². The molecule has 1 fully saturated rings. The molecule has 5 N–H and O–H groups in total. The van der Waals surface area contributed by atoms with E-state index < -0.39 is 0 Å². The normalized spacial score (nSPS) is 14.5. The summed E-state index contributed by atoms with van der Waals surface area (Å²) < 4.78 is 11.3. The van der Waals surface area contributed by atoms with E-state index in [0.29, 0.717) is 34.4 Å². The SMILES string of the molecule is CC(C)Oc1ccc(-c2nc(-c3ccc(CN4CC(/C(=N/N)NN)C4)c4ccccc34)no2)cc1C#N. The minimum atomic E-state index is -0.0352. The van der Waals surface area contributed by atoms with Gasteiger partial charge in [-0.25, -0.2) is 5.84 Å². The first-order chi connectivity index (χ1) is 18.0. The Kier molecular flexibility index (Phi) is 6.72. The number of aromatic nitrogens is 2. The fraction of sp³-hybridized carbons (Fsp3) is 0.259. The highest BCUT2D eigenvalue weighted by Crippen LogP contribution is 2.33. The Morgan fingerprint density at radius 3 is 2.70 bits per heavy atom. The molecule has 10 nitrogen and oxygen atoms in total. The second-order valence-electron chi connectivity index (χ2n) is 9.28. The summed E-state index contributed by atoms with van der Waals surface area (Å²) in [7, 11) is 0. The lowest BCUT2D eigenvalue weighted by molar-refractivity contribution is 0.132. The van der Waals surface area contributed by atoms with Crippen LogP contribution in [0.15, 0.2) is 64.2 Å². The molecule has 0 spiro atoms. The van der Waals surface area contributed by atoms with Crippen LogP contribution in [0.2, 0.25) is 0 Å². The minimum Gasteiger partial charge on any atom is -0.490 e. The molecule has 1 aliphatic rings. The van der Waals surface area contributed by atoms with Gasteiger partial charge in [0.1, 0.15) is 17.7 Å². The lowest BCUT2D eigenvalue weighted by Crippen LogP contribution is -2.54. The number of nitrogens with zero attached hydrogens (tertiary/aromatic N) is 5. The number of hydrogen-bond donors (Lipinski definition) is 3. The highest BCUT2D eigenvalue weighted by atomic mass is 16.5. The van der Waals surface area contributed by atoms with Gasteiger partial charge in [0.05, 0.1) is 11.7 Å². The zero-order valence-electron chi connectivity index (χ0n) is 20.7. The van der Waals surface area contributed by atoms with Gasteiger partial charge in [0, 0.05) is 36.7 Å². The lowest BCUT2D eigenvalue weighted by atomic mass is 9.95. The molecule has 188 valence electrons. The van der Waals surface area contributed by atoms with E-state index >= 15 is 0 Å². The molecule has 37 heavy (non-hydrogen) atoms. The van der Waals surface area contributed by atoms with Gasteiger partial charge in [0.15, 0.2) is 0 Å². The third kappa shape index (κ3) is 4.82. The van der Waals surface area contributed by atoms with Crippen LogP contribution in [0.5, 0.6) is 5.75 Å². The number of nitriles is 1. The third-order valence-electron chi connectivity index (χ3n) is 6.42. The summed E-state index contributed by atoms with van der Waals surface area (Å²) in [5.41, 5.74) is 5.73. The molecule has 0 unspecified atom stereocenters. The molecule has 0 radical (unpaired) electrons. The van der Waals surface area contributed by atoms with Crippen LogP contribution in [0.25, 0.3) is 33.6 Å². The van der Waals surface area contributed by atoms with E-state index in [2.05, 4.69) is 49.8 Å². The van der Waals surface area contributed by atoms with Crippen molar-refractivity contribution in [1.29, 1.82) is 5.26 Å². The van der Waals surface area contributed by atoms with Crippen LogP contribution in [-0.2, 0) is 6.54 Å². The zero-order valence-corrected chi connectivity index (χ0v) is 20.7. The van der Waals surface area contributed by atoms with Gasteiger partial charge in [-0.15, -0.1) is 0 Å². The Balaban J connectivity index is 1.41. The van der Waals surface area contributed by atoms with Gasteiger partial charge in [-0.3, -0.25) is 4.90 Å². The number of nitrogens with one attached hydrogen (secondary N) is 1. The van der Waals surface area contributed by atoms with Gasteiger partial charge in [0.25, 0.3) is 5.89 Å². The van der Waals surface area contributed by atoms with Crippen molar-refractivity contribution in [2.75, 3.05) is 13.1 Å². The Morgan fingerprint density at radius 2 is 2.00 bits per heavy atom. The Bertz CT molecular complexity index is 1500. The Labute approximate surface area is 214 Å². The molecule has 0 atom stereocenters. The van der Waals surface area contributed by atoms with Crippen molar-refractivity contribution in [3.05, 3.63) is 65.7 Å². The molecule has 0 saturated carbocycles. The van der Waals surface area contributed by atoms with Crippen molar-refractivity contribution in [1.82, 2.24) is 20.5 Å². The molecule has 5 rings (SSSR count). The van der Waals surface area contributed by atoms with E-state index in [1.54, 1.807) is 12.1 Å². The smallest absolute Gasteiger partial charge is 0.258 e. The quantitative estimate of drug-likeness (QED) is 0.151. The van der Waals surface area contributed by atoms with E-state index in [-0.39, 0.29) is 12.0 Å². The van der Waals surface area contributed by atoms with Crippen molar-refractivity contribution in [3.8, 4) is 34.7 Å². The molecule has 1 saturated heterocycles. The fourth-order valence-corrected chi connectivity index (χ4v) is 4.62. The van der Waals surface area contributed by atoms with Gasteiger partial charge < -0.3 is 20.5 Å². The van der Waals surface area contributed by atoms with Crippen molar-refractivity contribution >= 4 is 16.6 Å². The number of likely N-dealkylation sites (tertiary alicyclic amines) is 1. The van der Waals surface area contributed by atoms with Gasteiger partial charge in [0.2, 0.25) is 5.82 Å². The van der Waals surface area contributed by atoms with Crippen molar-refractivity contribution in [3.63, 3.8) is 0 Å². The Morgan fingerprint density at radius 1 is 1.22 bits per heavy atom. The van der Waals surface area contributed by atoms with Crippen LogP contribution in [0.3, 0.4) is 0 Å². The summed E-state index contributed by atoms with van der Waals surface area (Å²) in [5, 5.41) is 19.7. The van der Waals surface area contributed by atoms with Crippen LogP contribution in [0, 0.1) is 17.2 Å². The molecular formula is C27H28N8O2. The number of benzene rings is 3. The number of fused-ring (bicyclic) bond motifs is 1. The maximum atomic E-state index is 9.56. The van der Waals surface area contributed by atoms with E-state index in [9.17, 15) is 5.26 Å². The maximum absolute atomic E-state index is 9.56. The molecular weight excluding hydrogens is 468 g/mol. The summed E-state index contributed by atoms with van der Waals surface area (Å²) in [4.78, 5) is 6.97. The standard InChI is InChI=1S/C27H28N8O2/c1-16(2)36-24-10-8-17(11-19(24)12-28)27-31-26(34-37-27)23-9-7-18(21-5-3-4-6-22(21)23)13-35-14-20(15-35)25(32-29)33-30/h3-11,16,20H,13-15,29-30H2,1-2H3,(H,32,33). The van der Waals surface area contributed by atoms with Crippen LogP contribution >= 0.6 is 0 Å². The molecule has 4 aromatic rings. The summed E-state index contributed by atoms with van der Waals surface area (Å²) >= 11 is 0. The number of amidine groups is 1. The first-order valence-corrected chi connectivity index (χ1v) is 12.0. The summed E-state index contributed by atoms with van der Waals surface area (Å²) in [6, 6.07) is 19.8. The number of rotatable bonds is 7. The zero-order chi connectivity index (χ0) is 25.9. The van der Waals surface area contributed by atoms with Crippen LogP contribution in [0.4, 0.5) is 0 Å². The van der Waals surface area contributed by atoms with Crippen LogP contribution < -0.4 is 21.8 Å². The maximum Gasteiger partial charge on any atom is 0.258 e. The molecule has 2 heterocycles. The topological polar surface area (TPSA) is 152 Å². The third-order valence-corrected chi connectivity index (χ3v) is 6.42. The first kappa shape index (κ1) is 24.2. The summed E-state index contributed by atoms with van der Waals surface area (Å²) in [5.74, 6) is 13.1. The number of hydrogen-bond acceptors (Lipinski definition) is 9. The number of ether oxygens (including phenoxy) is 1. The molecule has 3 aromatic carbocycles. The largest absolute Gasteiger partial charge is 0.490 e. The molecule has 1 aromatic heterocycles. The van der Waals surface area contributed by atoms with Crippen molar-refractivity contribution in [2.45, 2.75) is 26.5 Å². The van der Waals surface area contributed by atoms with Crippen LogP contribution in [-0.4, -0.2) is 40.1 Å². The second-order valence-corrected chi connectivity index (χ2v) is 9.28. The molecule has 0 bridgehead atoms. The van der Waals surface area contributed by atoms with Gasteiger partial charge >= 0.3 is 0 Å². The average molecular weight is 497 g/mol. The highest BCUT2D eigenvalue weighted by Gasteiger charge is 2.31. The van der Waals surface area contributed by atoms with Gasteiger partial charge in [-0.2, -0.15) is 15.3 Å².